The van der Waals surface area contributed by atoms with Gasteiger partial charge in [0, 0.05) is 6.42 Å². The van der Waals surface area contributed by atoms with Gasteiger partial charge in [-0.25, -0.2) is 0 Å². The standard InChI is InChI=1S/C16H25O5P/c1-4-20-22(21-5-2)13-17-15-8-6-14(7-9-15)12-16(3)18-10-11-19-16/h6-9H,4-5,10-13H2,1-3H3. The second-order valence-corrected chi connectivity index (χ2v) is 6.53. The van der Waals surface area contributed by atoms with Crippen molar-refractivity contribution < 1.29 is 23.3 Å². The Balaban J connectivity index is 1.83. The van der Waals surface area contributed by atoms with Gasteiger partial charge in [0.25, 0.3) is 0 Å². The number of rotatable bonds is 9. The summed E-state index contributed by atoms with van der Waals surface area (Å²) in [4.78, 5) is 0. The van der Waals surface area contributed by atoms with E-state index in [-0.39, 0.29) is 0 Å². The van der Waals surface area contributed by atoms with Gasteiger partial charge in [0.15, 0.2) is 12.1 Å². The fourth-order valence-corrected chi connectivity index (χ4v) is 3.31. The first kappa shape index (κ1) is 17.6. The number of hydrogen-bond donors (Lipinski definition) is 0. The van der Waals surface area contributed by atoms with Crippen LogP contribution in [0.3, 0.4) is 0 Å². The molecule has 0 radical (unpaired) electrons. The number of hydrogen-bond acceptors (Lipinski definition) is 5. The maximum atomic E-state index is 5.74. The van der Waals surface area contributed by atoms with Gasteiger partial charge in [-0.3, -0.25) is 0 Å². The van der Waals surface area contributed by atoms with Gasteiger partial charge in [-0.2, -0.15) is 0 Å². The number of benzene rings is 1. The van der Waals surface area contributed by atoms with Gasteiger partial charge in [-0.1, -0.05) is 12.1 Å². The predicted molar refractivity (Wildman–Crippen MR) is 86.1 cm³/mol. The van der Waals surface area contributed by atoms with Crippen molar-refractivity contribution in [3.05, 3.63) is 29.8 Å². The lowest BCUT2D eigenvalue weighted by Gasteiger charge is -2.22. The Morgan fingerprint density at radius 2 is 1.64 bits per heavy atom. The lowest BCUT2D eigenvalue weighted by atomic mass is 10.1. The Morgan fingerprint density at radius 1 is 1.05 bits per heavy atom. The fourth-order valence-electron chi connectivity index (χ4n) is 2.26. The molecule has 1 saturated heterocycles. The van der Waals surface area contributed by atoms with E-state index < -0.39 is 14.2 Å². The molecule has 1 aliphatic heterocycles. The van der Waals surface area contributed by atoms with E-state index in [9.17, 15) is 0 Å². The van der Waals surface area contributed by atoms with Crippen molar-refractivity contribution in [1.82, 2.24) is 0 Å². The maximum Gasteiger partial charge on any atom is 0.211 e. The van der Waals surface area contributed by atoms with Crippen LogP contribution in [-0.2, 0) is 24.9 Å². The molecule has 1 aromatic rings. The third-order valence-electron chi connectivity index (χ3n) is 3.23. The summed E-state index contributed by atoms with van der Waals surface area (Å²) in [6, 6.07) is 7.99. The maximum absolute atomic E-state index is 5.74. The summed E-state index contributed by atoms with van der Waals surface area (Å²) >= 11 is 0. The Labute approximate surface area is 133 Å². The quantitative estimate of drug-likeness (QED) is 0.647. The molecule has 1 fully saturated rings. The van der Waals surface area contributed by atoms with E-state index in [0.29, 0.717) is 32.8 Å². The van der Waals surface area contributed by atoms with E-state index in [4.69, 9.17) is 23.3 Å². The summed E-state index contributed by atoms with van der Waals surface area (Å²) in [5.41, 5.74) is 1.16. The van der Waals surface area contributed by atoms with E-state index in [2.05, 4.69) is 0 Å². The van der Waals surface area contributed by atoms with Crippen LogP contribution >= 0.6 is 8.38 Å². The van der Waals surface area contributed by atoms with Crippen molar-refractivity contribution >= 4 is 8.38 Å². The largest absolute Gasteiger partial charge is 0.484 e. The van der Waals surface area contributed by atoms with Crippen molar-refractivity contribution in [3.8, 4) is 5.75 Å². The zero-order chi connectivity index (χ0) is 15.8. The van der Waals surface area contributed by atoms with Gasteiger partial charge in [0.05, 0.1) is 26.4 Å². The second kappa shape index (κ2) is 8.80. The third-order valence-corrected chi connectivity index (χ3v) is 4.66. The molecular formula is C16H25O5P. The van der Waals surface area contributed by atoms with Gasteiger partial charge in [-0.15, -0.1) is 0 Å². The first-order valence-corrected chi connectivity index (χ1v) is 9.04. The Bertz CT molecular complexity index is 425. The molecule has 124 valence electrons. The average molecular weight is 328 g/mol. The van der Waals surface area contributed by atoms with Crippen LogP contribution in [0.15, 0.2) is 24.3 Å². The summed E-state index contributed by atoms with van der Waals surface area (Å²) < 4.78 is 28.0. The van der Waals surface area contributed by atoms with Crippen LogP contribution in [0.2, 0.25) is 0 Å². The smallest absolute Gasteiger partial charge is 0.211 e. The molecule has 0 saturated carbocycles. The molecule has 0 atom stereocenters. The van der Waals surface area contributed by atoms with E-state index in [0.717, 1.165) is 17.7 Å². The molecule has 22 heavy (non-hydrogen) atoms. The lowest BCUT2D eigenvalue weighted by Crippen LogP contribution is -2.28. The van der Waals surface area contributed by atoms with Crippen molar-refractivity contribution in [1.29, 1.82) is 0 Å². The molecule has 2 rings (SSSR count). The molecule has 0 spiro atoms. The lowest BCUT2D eigenvalue weighted by molar-refractivity contribution is -0.140. The van der Waals surface area contributed by atoms with Crippen LogP contribution in [-0.4, -0.2) is 38.6 Å². The summed E-state index contributed by atoms with van der Waals surface area (Å²) in [6.07, 6.45) is 1.18. The molecule has 0 unspecified atom stereocenters. The molecular weight excluding hydrogens is 303 g/mol. The van der Waals surface area contributed by atoms with E-state index in [1.165, 1.54) is 0 Å². The van der Waals surface area contributed by atoms with Gasteiger partial charge in [0.1, 0.15) is 5.75 Å². The van der Waals surface area contributed by atoms with Crippen LogP contribution in [0.4, 0.5) is 0 Å². The third kappa shape index (κ3) is 5.49. The molecule has 0 amide bonds. The topological polar surface area (TPSA) is 46.2 Å². The summed E-state index contributed by atoms with van der Waals surface area (Å²) in [5.74, 6) is 0.315. The SMILES string of the molecule is CCOP(COc1ccc(CC2(C)OCCO2)cc1)OCC. The molecule has 0 aromatic heterocycles. The van der Waals surface area contributed by atoms with Crippen LogP contribution < -0.4 is 4.74 Å². The van der Waals surface area contributed by atoms with Crippen molar-refractivity contribution in [2.45, 2.75) is 33.0 Å². The highest BCUT2D eigenvalue weighted by Gasteiger charge is 2.30. The Morgan fingerprint density at radius 3 is 2.18 bits per heavy atom. The van der Waals surface area contributed by atoms with E-state index in [1.54, 1.807) is 0 Å². The minimum atomic E-state index is -0.974. The summed E-state index contributed by atoms with van der Waals surface area (Å²) in [6.45, 7) is 8.47. The predicted octanol–water partition coefficient (Wildman–Crippen LogP) is 3.71. The summed E-state index contributed by atoms with van der Waals surface area (Å²) in [7, 11) is -0.974. The first-order valence-electron chi connectivity index (χ1n) is 7.68. The highest BCUT2D eigenvalue weighted by atomic mass is 31.2. The minimum Gasteiger partial charge on any atom is -0.484 e. The van der Waals surface area contributed by atoms with Gasteiger partial charge < -0.3 is 23.3 Å². The van der Waals surface area contributed by atoms with Crippen LogP contribution in [0.1, 0.15) is 26.3 Å². The average Bonchev–Trinajstić information content (AvgIpc) is 2.93. The zero-order valence-corrected chi connectivity index (χ0v) is 14.4. The van der Waals surface area contributed by atoms with Gasteiger partial charge >= 0.3 is 0 Å². The highest BCUT2D eigenvalue weighted by Crippen LogP contribution is 2.38. The summed E-state index contributed by atoms with van der Waals surface area (Å²) in [5, 5.41) is 0. The molecule has 1 aromatic carbocycles. The molecule has 6 heteroatoms. The second-order valence-electron chi connectivity index (χ2n) is 5.09. The van der Waals surface area contributed by atoms with Crippen LogP contribution in [0.5, 0.6) is 5.75 Å². The molecule has 1 aliphatic rings. The van der Waals surface area contributed by atoms with Crippen molar-refractivity contribution in [2.24, 2.45) is 0 Å². The molecule has 0 bridgehead atoms. The van der Waals surface area contributed by atoms with E-state index in [1.807, 2.05) is 45.0 Å². The molecule has 1 heterocycles. The monoisotopic (exact) mass is 328 g/mol. The Kier molecular flexibility index (Phi) is 7.06. The van der Waals surface area contributed by atoms with Gasteiger partial charge in [0.2, 0.25) is 8.38 Å². The van der Waals surface area contributed by atoms with Crippen LogP contribution in [0, 0.1) is 0 Å². The number of ether oxygens (including phenoxy) is 3. The fraction of sp³-hybridized carbons (Fsp3) is 0.625. The molecule has 0 N–H and O–H groups in total. The van der Waals surface area contributed by atoms with Crippen LogP contribution in [0.25, 0.3) is 0 Å². The molecule has 5 nitrogen and oxygen atoms in total. The first-order chi connectivity index (χ1) is 10.6. The van der Waals surface area contributed by atoms with E-state index >= 15 is 0 Å². The molecule has 0 aliphatic carbocycles. The highest BCUT2D eigenvalue weighted by molar-refractivity contribution is 7.47. The zero-order valence-electron chi connectivity index (χ0n) is 13.5. The Hall–Kier alpha value is -0.710. The van der Waals surface area contributed by atoms with Crippen molar-refractivity contribution in [2.75, 3.05) is 32.8 Å². The minimum absolute atomic E-state index is 0.445. The van der Waals surface area contributed by atoms with Gasteiger partial charge in [-0.05, 0) is 38.5 Å². The normalized spacial score (nSPS) is 17.1. The van der Waals surface area contributed by atoms with Crippen molar-refractivity contribution in [3.63, 3.8) is 0 Å².